The van der Waals surface area contributed by atoms with Crippen LogP contribution in [0.15, 0.2) is 47.6 Å². The van der Waals surface area contributed by atoms with Crippen molar-refractivity contribution in [3.05, 3.63) is 48.5 Å². The Morgan fingerprint density at radius 3 is 2.49 bits per heavy atom. The van der Waals surface area contributed by atoms with Crippen LogP contribution in [0.25, 0.3) is 33.1 Å². The van der Waals surface area contributed by atoms with Crippen molar-refractivity contribution in [3.63, 3.8) is 0 Å². The van der Waals surface area contributed by atoms with E-state index in [-0.39, 0.29) is 4.90 Å². The van der Waals surface area contributed by atoms with Crippen molar-refractivity contribution in [2.75, 3.05) is 37.9 Å². The molecule has 8 nitrogen and oxygen atoms in total. The molecule has 1 aliphatic heterocycles. The summed E-state index contributed by atoms with van der Waals surface area (Å²) in [5, 5.41) is 5.52. The third-order valence-electron chi connectivity index (χ3n) is 7.65. The molecule has 1 aliphatic carbocycles. The lowest BCUT2D eigenvalue weighted by molar-refractivity contribution is 0.00791. The molecule has 6 rings (SSSR count). The maximum absolute atomic E-state index is 14.6. The summed E-state index contributed by atoms with van der Waals surface area (Å²) < 4.78 is 43.7. The van der Waals surface area contributed by atoms with Gasteiger partial charge in [0.1, 0.15) is 28.5 Å². The number of benzene rings is 2. The second-order valence-corrected chi connectivity index (χ2v) is 12.0. The topological polar surface area (TPSA) is 100 Å². The number of hydrogen-bond donors (Lipinski definition) is 2. The smallest absolute Gasteiger partial charge is 0.178 e. The van der Waals surface area contributed by atoms with Crippen molar-refractivity contribution >= 4 is 37.6 Å². The van der Waals surface area contributed by atoms with Gasteiger partial charge in [-0.3, -0.25) is 4.90 Å². The monoisotopic (exact) mass is 523 g/mol. The Bertz CT molecular complexity index is 1560. The fourth-order valence-corrected chi connectivity index (χ4v) is 6.44. The molecule has 1 saturated heterocycles. The van der Waals surface area contributed by atoms with Crippen LogP contribution in [0.1, 0.15) is 25.7 Å². The summed E-state index contributed by atoms with van der Waals surface area (Å²) in [5.41, 5.74) is 3.04. The Kier molecular flexibility index (Phi) is 6.34. The lowest BCUT2D eigenvalue weighted by Gasteiger charge is -2.39. The van der Waals surface area contributed by atoms with Crippen LogP contribution >= 0.6 is 0 Å². The van der Waals surface area contributed by atoms with E-state index >= 15 is 0 Å². The minimum Gasteiger partial charge on any atom is -0.379 e. The normalized spacial score (nSPS) is 21.5. The Morgan fingerprint density at radius 1 is 1.03 bits per heavy atom. The average Bonchev–Trinajstić information content (AvgIpc) is 3.28. The highest BCUT2D eigenvalue weighted by Gasteiger charge is 2.27. The van der Waals surface area contributed by atoms with Crippen LogP contribution < -0.4 is 5.32 Å². The molecule has 2 aromatic heterocycles. The third kappa shape index (κ3) is 4.81. The number of ether oxygens (including phenoxy) is 1. The van der Waals surface area contributed by atoms with Gasteiger partial charge < -0.3 is 15.0 Å². The summed E-state index contributed by atoms with van der Waals surface area (Å²) in [5.74, 6) is 0.0409. The van der Waals surface area contributed by atoms with E-state index in [0.29, 0.717) is 17.6 Å². The lowest BCUT2D eigenvalue weighted by atomic mass is 9.90. The van der Waals surface area contributed by atoms with Gasteiger partial charge in [-0.15, -0.1) is 0 Å². The average molecular weight is 524 g/mol. The van der Waals surface area contributed by atoms with E-state index in [0.717, 1.165) is 91.6 Å². The number of H-pyrrole nitrogens is 1. The Balaban J connectivity index is 1.28. The Labute approximate surface area is 215 Å². The molecule has 2 aromatic carbocycles. The van der Waals surface area contributed by atoms with Crippen LogP contribution in [0, 0.1) is 5.82 Å². The predicted molar refractivity (Wildman–Crippen MR) is 142 cm³/mol. The molecule has 2 fully saturated rings. The molecule has 194 valence electrons. The van der Waals surface area contributed by atoms with Gasteiger partial charge in [0.15, 0.2) is 9.84 Å². The van der Waals surface area contributed by atoms with Crippen molar-refractivity contribution in [3.8, 4) is 11.1 Å². The summed E-state index contributed by atoms with van der Waals surface area (Å²) in [6, 6.07) is 11.0. The summed E-state index contributed by atoms with van der Waals surface area (Å²) in [6.45, 7) is 3.70. The Morgan fingerprint density at radius 2 is 1.76 bits per heavy atom. The number of anilines is 1. The number of morpholine rings is 1. The van der Waals surface area contributed by atoms with E-state index in [1.165, 1.54) is 12.1 Å². The van der Waals surface area contributed by atoms with E-state index in [9.17, 15) is 12.8 Å². The minimum atomic E-state index is -3.63. The SMILES string of the molecule is CS(=O)(=O)c1ccc(-c2ccc3[nH]c4ncnc(NC5CCC(N6CCOCC6)CC5)c4c3c2)cc1F. The van der Waals surface area contributed by atoms with Crippen molar-refractivity contribution < 1.29 is 17.5 Å². The molecule has 4 aromatic rings. The van der Waals surface area contributed by atoms with Gasteiger partial charge in [-0.25, -0.2) is 22.8 Å². The first kappa shape index (κ1) is 24.3. The second-order valence-electron chi connectivity index (χ2n) is 10.0. The van der Waals surface area contributed by atoms with Gasteiger partial charge in [0.05, 0.1) is 18.6 Å². The number of aromatic amines is 1. The van der Waals surface area contributed by atoms with Gasteiger partial charge in [0, 0.05) is 42.3 Å². The molecule has 2 N–H and O–H groups in total. The van der Waals surface area contributed by atoms with E-state index in [1.807, 2.05) is 18.2 Å². The standard InChI is InChI=1S/C27H30FN5O3S/c1-37(34,35)24-9-3-18(15-22(24)28)17-2-8-23-21(14-17)25-26(29-16-30-27(25)32-23)31-19-4-6-20(7-5-19)33-10-12-36-13-11-33/h2-3,8-9,14-16,19-20H,4-7,10-13H2,1H3,(H2,29,30,31,32). The molecule has 0 unspecified atom stereocenters. The lowest BCUT2D eigenvalue weighted by Crippen LogP contribution is -2.46. The number of nitrogens with zero attached hydrogens (tertiary/aromatic N) is 3. The molecule has 0 radical (unpaired) electrons. The van der Waals surface area contributed by atoms with Gasteiger partial charge in [-0.05, 0) is 61.1 Å². The van der Waals surface area contributed by atoms with Crippen LogP contribution in [0.2, 0.25) is 0 Å². The number of fused-ring (bicyclic) bond motifs is 3. The van der Waals surface area contributed by atoms with Crippen LogP contribution in [0.3, 0.4) is 0 Å². The number of aromatic nitrogens is 3. The summed E-state index contributed by atoms with van der Waals surface area (Å²) >= 11 is 0. The quantitative estimate of drug-likeness (QED) is 0.401. The number of nitrogens with one attached hydrogen (secondary N) is 2. The molecule has 1 saturated carbocycles. The van der Waals surface area contributed by atoms with Crippen LogP contribution in [-0.2, 0) is 14.6 Å². The largest absolute Gasteiger partial charge is 0.379 e. The molecule has 0 spiro atoms. The number of sulfone groups is 1. The summed E-state index contributed by atoms with van der Waals surface area (Å²) in [7, 11) is -3.63. The molecule has 37 heavy (non-hydrogen) atoms. The molecule has 3 heterocycles. The van der Waals surface area contributed by atoms with Crippen LogP contribution in [0.5, 0.6) is 0 Å². The van der Waals surface area contributed by atoms with Gasteiger partial charge >= 0.3 is 0 Å². The first-order valence-electron chi connectivity index (χ1n) is 12.7. The highest BCUT2D eigenvalue weighted by atomic mass is 32.2. The third-order valence-corrected chi connectivity index (χ3v) is 8.78. The summed E-state index contributed by atoms with van der Waals surface area (Å²) in [6.07, 6.45) is 7.03. The first-order valence-corrected chi connectivity index (χ1v) is 14.6. The number of halogens is 1. The first-order chi connectivity index (χ1) is 17.9. The van der Waals surface area contributed by atoms with E-state index in [1.54, 1.807) is 12.4 Å². The fourth-order valence-electron chi connectivity index (χ4n) is 5.71. The van der Waals surface area contributed by atoms with Crippen molar-refractivity contribution in [2.24, 2.45) is 0 Å². The molecule has 0 bridgehead atoms. The highest BCUT2D eigenvalue weighted by Crippen LogP contribution is 2.35. The van der Waals surface area contributed by atoms with Crippen LogP contribution in [-0.4, -0.2) is 72.9 Å². The second kappa shape index (κ2) is 9.66. The van der Waals surface area contributed by atoms with Crippen molar-refractivity contribution in [2.45, 2.75) is 42.7 Å². The van der Waals surface area contributed by atoms with Crippen molar-refractivity contribution in [1.82, 2.24) is 19.9 Å². The van der Waals surface area contributed by atoms with E-state index < -0.39 is 15.7 Å². The zero-order chi connectivity index (χ0) is 25.6. The molecular weight excluding hydrogens is 493 g/mol. The number of hydrogen-bond acceptors (Lipinski definition) is 7. The van der Waals surface area contributed by atoms with Gasteiger partial charge in [0.25, 0.3) is 0 Å². The molecule has 0 atom stereocenters. The number of rotatable bonds is 5. The van der Waals surface area contributed by atoms with Gasteiger partial charge in [-0.2, -0.15) is 0 Å². The van der Waals surface area contributed by atoms with Crippen molar-refractivity contribution in [1.29, 1.82) is 0 Å². The van der Waals surface area contributed by atoms with Gasteiger partial charge in [-0.1, -0.05) is 12.1 Å². The molecule has 0 amide bonds. The van der Waals surface area contributed by atoms with Gasteiger partial charge in [0.2, 0.25) is 0 Å². The molecule has 10 heteroatoms. The summed E-state index contributed by atoms with van der Waals surface area (Å²) in [4.78, 5) is 14.7. The Hall–Kier alpha value is -3.08. The zero-order valence-corrected chi connectivity index (χ0v) is 21.5. The van der Waals surface area contributed by atoms with E-state index in [4.69, 9.17) is 4.74 Å². The predicted octanol–water partition coefficient (Wildman–Crippen LogP) is 4.38. The molecule has 2 aliphatic rings. The molecular formula is C27H30FN5O3S. The van der Waals surface area contributed by atoms with Crippen LogP contribution in [0.4, 0.5) is 10.2 Å². The zero-order valence-electron chi connectivity index (χ0n) is 20.7. The highest BCUT2D eigenvalue weighted by molar-refractivity contribution is 7.90. The van der Waals surface area contributed by atoms with E-state index in [2.05, 4.69) is 25.2 Å². The maximum atomic E-state index is 14.6. The minimum absolute atomic E-state index is 0.298. The fraction of sp³-hybridized carbons (Fsp3) is 0.407. The maximum Gasteiger partial charge on any atom is 0.178 e.